The van der Waals surface area contributed by atoms with Gasteiger partial charge in [0.25, 0.3) is 0 Å². The molecule has 0 saturated heterocycles. The minimum atomic E-state index is 0.536. The van der Waals surface area contributed by atoms with Crippen molar-refractivity contribution >= 4 is 33.1 Å². The number of aromatic amines is 1. The van der Waals surface area contributed by atoms with Crippen LogP contribution in [0.25, 0.3) is 20.8 Å². The third-order valence-electron chi connectivity index (χ3n) is 3.43. The van der Waals surface area contributed by atoms with E-state index < -0.39 is 0 Å². The molecule has 0 bridgehead atoms. The Morgan fingerprint density at radius 1 is 1.26 bits per heavy atom. The molecule has 0 amide bonds. The summed E-state index contributed by atoms with van der Waals surface area (Å²) in [6.45, 7) is 0. The maximum atomic E-state index is 5.99. The molecule has 1 aliphatic carbocycles. The molecule has 1 aromatic carbocycles. The Labute approximate surface area is 113 Å². The molecule has 1 aliphatic rings. The van der Waals surface area contributed by atoms with Crippen molar-refractivity contribution in [2.24, 2.45) is 0 Å². The van der Waals surface area contributed by atoms with Crippen molar-refractivity contribution in [3.63, 3.8) is 0 Å². The minimum absolute atomic E-state index is 0.536. The third kappa shape index (κ3) is 1.67. The van der Waals surface area contributed by atoms with Crippen molar-refractivity contribution in [3.05, 3.63) is 23.9 Å². The molecule has 0 unspecified atom stereocenters. The molecular weight excluding hydrogens is 258 g/mol. The Morgan fingerprint density at radius 3 is 2.89 bits per heavy atom. The van der Waals surface area contributed by atoms with Crippen LogP contribution in [0.1, 0.15) is 24.5 Å². The highest BCUT2D eigenvalue weighted by Gasteiger charge is 2.30. The van der Waals surface area contributed by atoms with Crippen molar-refractivity contribution in [2.45, 2.75) is 18.8 Å². The van der Waals surface area contributed by atoms with Crippen LogP contribution >= 0.6 is 11.3 Å². The van der Waals surface area contributed by atoms with Crippen molar-refractivity contribution in [1.82, 2.24) is 15.2 Å². The zero-order valence-electron chi connectivity index (χ0n) is 10.2. The van der Waals surface area contributed by atoms with E-state index in [1.807, 2.05) is 18.2 Å². The number of rotatable bonds is 2. The Kier molecular flexibility index (Phi) is 2.11. The van der Waals surface area contributed by atoms with Crippen molar-refractivity contribution in [1.29, 1.82) is 0 Å². The van der Waals surface area contributed by atoms with E-state index in [1.165, 1.54) is 12.8 Å². The molecular formula is C13H13N5S. The van der Waals surface area contributed by atoms with Crippen LogP contribution in [-0.2, 0) is 0 Å². The van der Waals surface area contributed by atoms with Crippen molar-refractivity contribution in [2.75, 3.05) is 11.5 Å². The van der Waals surface area contributed by atoms with E-state index in [2.05, 4.69) is 15.2 Å². The molecule has 1 saturated carbocycles. The summed E-state index contributed by atoms with van der Waals surface area (Å²) < 4.78 is 1.12. The summed E-state index contributed by atoms with van der Waals surface area (Å²) in [5, 5.41) is 8.12. The van der Waals surface area contributed by atoms with Gasteiger partial charge in [0.2, 0.25) is 0 Å². The third-order valence-corrected chi connectivity index (χ3v) is 4.49. The lowest BCUT2D eigenvalue weighted by molar-refractivity contribution is 0.968. The van der Waals surface area contributed by atoms with Gasteiger partial charge in [-0.05, 0) is 31.0 Å². The molecule has 0 atom stereocenters. The van der Waals surface area contributed by atoms with Crippen molar-refractivity contribution in [3.8, 4) is 10.6 Å². The predicted octanol–water partition coefficient (Wildman–Crippen LogP) is 2.73. The number of nitrogen functional groups attached to an aromatic ring is 2. The van der Waals surface area contributed by atoms with Crippen LogP contribution in [-0.4, -0.2) is 15.2 Å². The van der Waals surface area contributed by atoms with Crippen LogP contribution in [0.2, 0.25) is 0 Å². The van der Waals surface area contributed by atoms with E-state index in [-0.39, 0.29) is 0 Å². The maximum Gasteiger partial charge on any atom is 0.155 e. The highest BCUT2D eigenvalue weighted by molar-refractivity contribution is 7.21. The first-order chi connectivity index (χ1) is 9.22. The number of H-pyrrole nitrogens is 1. The molecule has 6 heteroatoms. The minimum Gasteiger partial charge on any atom is -0.399 e. The molecule has 0 radical (unpaired) electrons. The predicted molar refractivity (Wildman–Crippen MR) is 78.0 cm³/mol. The second-order valence-electron chi connectivity index (χ2n) is 4.92. The molecule has 1 fully saturated rings. The number of anilines is 2. The van der Waals surface area contributed by atoms with Crippen molar-refractivity contribution < 1.29 is 0 Å². The van der Waals surface area contributed by atoms with Gasteiger partial charge in [-0.2, -0.15) is 5.10 Å². The first-order valence-electron chi connectivity index (χ1n) is 6.22. The van der Waals surface area contributed by atoms with Gasteiger partial charge in [0.1, 0.15) is 5.01 Å². The second-order valence-corrected chi connectivity index (χ2v) is 5.95. The molecule has 5 N–H and O–H groups in total. The van der Waals surface area contributed by atoms with Crippen LogP contribution in [0.15, 0.2) is 18.2 Å². The summed E-state index contributed by atoms with van der Waals surface area (Å²) >= 11 is 1.63. The molecule has 0 aliphatic heterocycles. The fourth-order valence-corrected chi connectivity index (χ4v) is 3.33. The first-order valence-corrected chi connectivity index (χ1v) is 7.04. The highest BCUT2D eigenvalue weighted by Crippen LogP contribution is 2.46. The van der Waals surface area contributed by atoms with Gasteiger partial charge < -0.3 is 11.5 Å². The average molecular weight is 271 g/mol. The Hall–Kier alpha value is -2.08. The largest absolute Gasteiger partial charge is 0.399 e. The van der Waals surface area contributed by atoms with Gasteiger partial charge in [-0.3, -0.25) is 5.10 Å². The average Bonchev–Trinajstić information content (AvgIpc) is 3.03. The maximum absolute atomic E-state index is 5.99. The summed E-state index contributed by atoms with van der Waals surface area (Å²) in [7, 11) is 0. The van der Waals surface area contributed by atoms with Gasteiger partial charge >= 0.3 is 0 Å². The molecule has 2 aromatic heterocycles. The summed E-state index contributed by atoms with van der Waals surface area (Å²) in [6.07, 6.45) is 2.40. The highest BCUT2D eigenvalue weighted by atomic mass is 32.1. The number of hydrogen-bond donors (Lipinski definition) is 3. The van der Waals surface area contributed by atoms with E-state index in [4.69, 9.17) is 11.5 Å². The number of thiazole rings is 1. The van der Waals surface area contributed by atoms with Crippen LogP contribution < -0.4 is 11.5 Å². The SMILES string of the molecule is Nc1ccc2sc(-c3c(N)n[nH]c3C3CC3)nc2c1. The lowest BCUT2D eigenvalue weighted by Gasteiger charge is -1.97. The van der Waals surface area contributed by atoms with Gasteiger partial charge in [-0.15, -0.1) is 11.3 Å². The first kappa shape index (κ1) is 10.8. The Morgan fingerprint density at radius 2 is 2.11 bits per heavy atom. The lowest BCUT2D eigenvalue weighted by atomic mass is 10.2. The summed E-state index contributed by atoms with van der Waals surface area (Å²) in [6, 6.07) is 5.78. The van der Waals surface area contributed by atoms with E-state index in [0.29, 0.717) is 11.7 Å². The second kappa shape index (κ2) is 3.71. The van der Waals surface area contributed by atoms with Gasteiger partial charge in [-0.1, -0.05) is 0 Å². The van der Waals surface area contributed by atoms with Gasteiger partial charge in [-0.25, -0.2) is 4.98 Å². The molecule has 0 spiro atoms. The molecule has 4 rings (SSSR count). The fraction of sp³-hybridized carbons (Fsp3) is 0.231. The summed E-state index contributed by atoms with van der Waals surface area (Å²) in [5.74, 6) is 1.10. The normalized spacial score (nSPS) is 15.2. The van der Waals surface area contributed by atoms with Crippen LogP contribution in [0.3, 0.4) is 0 Å². The molecule has 3 aromatic rings. The van der Waals surface area contributed by atoms with Crippen LogP contribution in [0, 0.1) is 0 Å². The smallest absolute Gasteiger partial charge is 0.155 e. The van der Waals surface area contributed by atoms with Gasteiger partial charge in [0.05, 0.1) is 21.5 Å². The number of fused-ring (bicyclic) bond motifs is 1. The summed E-state index contributed by atoms with van der Waals surface area (Å²) in [4.78, 5) is 4.65. The number of nitrogens with two attached hydrogens (primary N) is 2. The topological polar surface area (TPSA) is 93.6 Å². The van der Waals surface area contributed by atoms with Crippen LogP contribution in [0.4, 0.5) is 11.5 Å². The van der Waals surface area contributed by atoms with E-state index in [1.54, 1.807) is 11.3 Å². The zero-order chi connectivity index (χ0) is 13.0. The summed E-state index contributed by atoms with van der Waals surface area (Å²) in [5.41, 5.74) is 15.5. The lowest BCUT2D eigenvalue weighted by Crippen LogP contribution is -1.89. The Bertz CT molecular complexity index is 769. The standard InChI is InChI=1S/C13H13N5S/c14-7-3-4-9-8(5-7)16-13(19-9)10-11(6-1-2-6)17-18-12(10)15/h3-6H,1-2,14H2,(H3,15,17,18). The number of aromatic nitrogens is 3. The van der Waals surface area contributed by atoms with E-state index >= 15 is 0 Å². The molecule has 2 heterocycles. The molecule has 96 valence electrons. The van der Waals surface area contributed by atoms with Gasteiger partial charge in [0, 0.05) is 11.6 Å². The number of nitrogens with zero attached hydrogens (tertiary/aromatic N) is 2. The number of hydrogen-bond acceptors (Lipinski definition) is 5. The van der Waals surface area contributed by atoms with E-state index in [9.17, 15) is 0 Å². The van der Waals surface area contributed by atoms with Gasteiger partial charge in [0.15, 0.2) is 5.82 Å². The molecule has 19 heavy (non-hydrogen) atoms. The number of nitrogens with one attached hydrogen (secondary N) is 1. The zero-order valence-corrected chi connectivity index (χ0v) is 11.0. The number of benzene rings is 1. The molecule has 5 nitrogen and oxygen atoms in total. The Balaban J connectivity index is 1.92. The monoisotopic (exact) mass is 271 g/mol. The van der Waals surface area contributed by atoms with E-state index in [0.717, 1.165) is 32.2 Å². The van der Waals surface area contributed by atoms with Crippen LogP contribution in [0.5, 0.6) is 0 Å². The fourth-order valence-electron chi connectivity index (χ4n) is 2.31. The quantitative estimate of drug-likeness (QED) is 0.625.